The minimum Gasteiger partial charge on any atom is -0.492 e. The van der Waals surface area contributed by atoms with E-state index in [2.05, 4.69) is 12.2 Å². The number of hydrogen-bond donors (Lipinski definition) is 1. The van der Waals surface area contributed by atoms with E-state index in [4.69, 9.17) is 27.9 Å². The first kappa shape index (κ1) is 16.9. The Morgan fingerprint density at radius 2 is 1.86 bits per heavy atom. The first-order valence-corrected chi connectivity index (χ1v) is 8.80. The molecule has 0 atom stereocenters. The van der Waals surface area contributed by atoms with Crippen molar-refractivity contribution in [2.24, 2.45) is 0 Å². The summed E-state index contributed by atoms with van der Waals surface area (Å²) in [7, 11) is 0. The first-order valence-electron chi connectivity index (χ1n) is 8.04. The van der Waals surface area contributed by atoms with E-state index in [1.807, 2.05) is 6.07 Å². The molecule has 2 rings (SSSR count). The zero-order valence-corrected chi connectivity index (χ0v) is 14.3. The Morgan fingerprint density at radius 1 is 1.14 bits per heavy atom. The van der Waals surface area contributed by atoms with Crippen molar-refractivity contribution in [3.63, 3.8) is 0 Å². The third-order valence-electron chi connectivity index (χ3n) is 3.97. The van der Waals surface area contributed by atoms with Gasteiger partial charge in [-0.1, -0.05) is 55.8 Å². The van der Waals surface area contributed by atoms with E-state index in [9.17, 15) is 0 Å². The summed E-state index contributed by atoms with van der Waals surface area (Å²) in [5, 5.41) is 4.93. The van der Waals surface area contributed by atoms with Gasteiger partial charge < -0.3 is 10.1 Å². The summed E-state index contributed by atoms with van der Waals surface area (Å²) in [6.07, 6.45) is 8.88. The van der Waals surface area contributed by atoms with E-state index in [0.717, 1.165) is 24.3 Å². The molecular weight excluding hydrogens is 305 g/mol. The highest BCUT2D eigenvalue weighted by Crippen LogP contribution is 2.33. The number of hydrogen-bond acceptors (Lipinski definition) is 2. The van der Waals surface area contributed by atoms with E-state index in [-0.39, 0.29) is 0 Å². The van der Waals surface area contributed by atoms with Crippen molar-refractivity contribution >= 4 is 23.2 Å². The van der Waals surface area contributed by atoms with Crippen LogP contribution in [0.25, 0.3) is 0 Å². The third-order valence-corrected chi connectivity index (χ3v) is 4.47. The molecule has 0 bridgehead atoms. The predicted octanol–water partition coefficient (Wildman–Crippen LogP) is 5.59. The molecule has 1 N–H and O–H groups in total. The summed E-state index contributed by atoms with van der Waals surface area (Å²) in [6.45, 7) is 3.54. The maximum Gasteiger partial charge on any atom is 0.142 e. The average Bonchev–Trinajstić information content (AvgIpc) is 2.72. The number of rotatable bonds is 6. The summed E-state index contributed by atoms with van der Waals surface area (Å²) in [6, 6.07) is 4.31. The second kappa shape index (κ2) is 8.87. The Balaban J connectivity index is 2.03. The highest BCUT2D eigenvalue weighted by atomic mass is 35.5. The fourth-order valence-electron chi connectivity index (χ4n) is 2.85. The van der Waals surface area contributed by atoms with Crippen LogP contribution in [0.15, 0.2) is 12.1 Å². The number of nitrogens with one attached hydrogen (secondary N) is 1. The molecule has 0 heterocycles. The molecule has 0 spiro atoms. The van der Waals surface area contributed by atoms with Crippen molar-refractivity contribution in [2.45, 2.75) is 64.5 Å². The standard InChI is InChI=1S/C17H25Cl2NO/c1-2-9-21-17-13(10-14(18)11-16(17)19)12-20-15-7-5-3-4-6-8-15/h10-11,15,20H,2-9,12H2,1H3. The molecule has 1 aliphatic carbocycles. The van der Waals surface area contributed by atoms with E-state index in [1.165, 1.54) is 38.5 Å². The van der Waals surface area contributed by atoms with Gasteiger partial charge in [0, 0.05) is 23.2 Å². The maximum atomic E-state index is 6.28. The maximum absolute atomic E-state index is 6.28. The molecule has 0 aliphatic heterocycles. The fourth-order valence-corrected chi connectivity index (χ4v) is 3.44. The van der Waals surface area contributed by atoms with Crippen LogP contribution in [0.3, 0.4) is 0 Å². The van der Waals surface area contributed by atoms with Gasteiger partial charge in [0.15, 0.2) is 0 Å². The second-order valence-corrected chi connectivity index (χ2v) is 6.64. The topological polar surface area (TPSA) is 21.3 Å². The van der Waals surface area contributed by atoms with Gasteiger partial charge in [-0.3, -0.25) is 0 Å². The molecule has 0 aromatic heterocycles. The Bertz CT molecular complexity index is 443. The van der Waals surface area contributed by atoms with Crippen molar-refractivity contribution in [1.29, 1.82) is 0 Å². The van der Waals surface area contributed by atoms with Crippen LogP contribution in [-0.2, 0) is 6.54 Å². The lowest BCUT2D eigenvalue weighted by Gasteiger charge is -2.19. The molecule has 4 heteroatoms. The molecule has 1 aliphatic rings. The van der Waals surface area contributed by atoms with Gasteiger partial charge in [-0.05, 0) is 31.4 Å². The predicted molar refractivity (Wildman–Crippen MR) is 90.6 cm³/mol. The van der Waals surface area contributed by atoms with Crippen molar-refractivity contribution < 1.29 is 4.74 Å². The van der Waals surface area contributed by atoms with Gasteiger partial charge in [-0.15, -0.1) is 0 Å². The Hall–Kier alpha value is -0.440. The fraction of sp³-hybridized carbons (Fsp3) is 0.647. The minimum absolute atomic E-state index is 0.601. The Morgan fingerprint density at radius 3 is 2.52 bits per heavy atom. The zero-order valence-electron chi connectivity index (χ0n) is 12.8. The molecule has 1 aromatic carbocycles. The summed E-state index contributed by atoms with van der Waals surface area (Å²) in [4.78, 5) is 0. The van der Waals surface area contributed by atoms with E-state index in [0.29, 0.717) is 22.7 Å². The smallest absolute Gasteiger partial charge is 0.142 e. The molecule has 21 heavy (non-hydrogen) atoms. The SMILES string of the molecule is CCCOc1c(Cl)cc(Cl)cc1CNC1CCCCCC1. The lowest BCUT2D eigenvalue weighted by atomic mass is 10.1. The summed E-state index contributed by atoms with van der Waals surface area (Å²) in [5.74, 6) is 0.782. The summed E-state index contributed by atoms with van der Waals surface area (Å²) < 4.78 is 5.81. The summed E-state index contributed by atoms with van der Waals surface area (Å²) >= 11 is 12.4. The van der Waals surface area contributed by atoms with Crippen LogP contribution in [-0.4, -0.2) is 12.6 Å². The van der Waals surface area contributed by atoms with Gasteiger partial charge in [-0.25, -0.2) is 0 Å². The van der Waals surface area contributed by atoms with Crippen molar-refractivity contribution in [1.82, 2.24) is 5.32 Å². The van der Waals surface area contributed by atoms with Gasteiger partial charge in [0.1, 0.15) is 5.75 Å². The van der Waals surface area contributed by atoms with Crippen LogP contribution in [0.1, 0.15) is 57.4 Å². The lowest BCUT2D eigenvalue weighted by Crippen LogP contribution is -2.28. The minimum atomic E-state index is 0.601. The highest BCUT2D eigenvalue weighted by molar-refractivity contribution is 6.35. The van der Waals surface area contributed by atoms with Gasteiger partial charge in [-0.2, -0.15) is 0 Å². The summed E-state index contributed by atoms with van der Waals surface area (Å²) in [5.41, 5.74) is 1.06. The lowest BCUT2D eigenvalue weighted by molar-refractivity contribution is 0.312. The van der Waals surface area contributed by atoms with Crippen molar-refractivity contribution in [3.8, 4) is 5.75 Å². The quantitative estimate of drug-likeness (QED) is 0.686. The van der Waals surface area contributed by atoms with Crippen LogP contribution >= 0.6 is 23.2 Å². The number of benzene rings is 1. The Labute approximate surface area is 138 Å². The van der Waals surface area contributed by atoms with E-state index < -0.39 is 0 Å². The van der Waals surface area contributed by atoms with Crippen molar-refractivity contribution in [3.05, 3.63) is 27.7 Å². The third kappa shape index (κ3) is 5.36. The zero-order chi connectivity index (χ0) is 15.1. The second-order valence-electron chi connectivity index (χ2n) is 5.79. The molecular formula is C17H25Cl2NO. The van der Waals surface area contributed by atoms with Crippen LogP contribution < -0.4 is 10.1 Å². The normalized spacial score (nSPS) is 16.7. The molecule has 0 saturated heterocycles. The number of ether oxygens (including phenoxy) is 1. The largest absolute Gasteiger partial charge is 0.492 e. The van der Waals surface area contributed by atoms with Crippen LogP contribution in [0, 0.1) is 0 Å². The Kier molecular flexibility index (Phi) is 7.15. The van der Waals surface area contributed by atoms with E-state index in [1.54, 1.807) is 6.07 Å². The average molecular weight is 330 g/mol. The van der Waals surface area contributed by atoms with Gasteiger partial charge in [0.25, 0.3) is 0 Å². The molecule has 0 unspecified atom stereocenters. The van der Waals surface area contributed by atoms with E-state index >= 15 is 0 Å². The van der Waals surface area contributed by atoms with Crippen molar-refractivity contribution in [2.75, 3.05) is 6.61 Å². The molecule has 0 amide bonds. The monoisotopic (exact) mass is 329 g/mol. The van der Waals surface area contributed by atoms with Gasteiger partial charge in [0.05, 0.1) is 11.6 Å². The molecule has 0 radical (unpaired) electrons. The number of halogens is 2. The molecule has 1 fully saturated rings. The molecule has 1 aromatic rings. The van der Waals surface area contributed by atoms with Gasteiger partial charge in [0.2, 0.25) is 0 Å². The highest BCUT2D eigenvalue weighted by Gasteiger charge is 2.15. The van der Waals surface area contributed by atoms with Crippen LogP contribution in [0.5, 0.6) is 5.75 Å². The first-order chi connectivity index (χ1) is 10.2. The van der Waals surface area contributed by atoms with Crippen LogP contribution in [0.4, 0.5) is 0 Å². The molecule has 1 saturated carbocycles. The van der Waals surface area contributed by atoms with Crippen LogP contribution in [0.2, 0.25) is 10.0 Å². The molecule has 118 valence electrons. The molecule has 2 nitrogen and oxygen atoms in total. The van der Waals surface area contributed by atoms with Gasteiger partial charge >= 0.3 is 0 Å².